The molecular formula is C11H9ClFNS. The lowest BCUT2D eigenvalue weighted by atomic mass is 10.1. The van der Waals surface area contributed by atoms with E-state index in [-0.39, 0.29) is 5.69 Å². The molecule has 0 radical (unpaired) electrons. The maximum Gasteiger partial charge on any atom is 0.146 e. The third kappa shape index (κ3) is 1.98. The SMILES string of the molecule is Cc1cc(-c2ccc(N)c(F)c2)sc1Cl. The summed E-state index contributed by atoms with van der Waals surface area (Å²) in [6.07, 6.45) is 0. The summed E-state index contributed by atoms with van der Waals surface area (Å²) in [6.45, 7) is 1.93. The van der Waals surface area contributed by atoms with Crippen molar-refractivity contribution in [3.8, 4) is 10.4 Å². The molecule has 0 atom stereocenters. The highest BCUT2D eigenvalue weighted by Crippen LogP contribution is 2.35. The van der Waals surface area contributed by atoms with Crippen molar-refractivity contribution in [3.63, 3.8) is 0 Å². The van der Waals surface area contributed by atoms with Gasteiger partial charge in [-0.2, -0.15) is 0 Å². The average molecular weight is 242 g/mol. The highest BCUT2D eigenvalue weighted by molar-refractivity contribution is 7.19. The van der Waals surface area contributed by atoms with E-state index in [0.717, 1.165) is 20.3 Å². The molecular weight excluding hydrogens is 233 g/mol. The van der Waals surface area contributed by atoms with Gasteiger partial charge in [0.05, 0.1) is 10.0 Å². The summed E-state index contributed by atoms with van der Waals surface area (Å²) in [5.41, 5.74) is 7.38. The zero-order valence-corrected chi connectivity index (χ0v) is 9.62. The minimum absolute atomic E-state index is 0.165. The number of thiophene rings is 1. The molecule has 0 aliphatic carbocycles. The molecule has 0 aliphatic rings. The van der Waals surface area contributed by atoms with Gasteiger partial charge in [-0.05, 0) is 36.2 Å². The van der Waals surface area contributed by atoms with Gasteiger partial charge in [0.15, 0.2) is 0 Å². The van der Waals surface area contributed by atoms with E-state index in [4.69, 9.17) is 17.3 Å². The molecule has 15 heavy (non-hydrogen) atoms. The Balaban J connectivity index is 2.49. The molecule has 1 aromatic heterocycles. The molecule has 1 nitrogen and oxygen atoms in total. The maximum absolute atomic E-state index is 13.2. The third-order valence-electron chi connectivity index (χ3n) is 2.14. The Labute approximate surface area is 96.3 Å². The summed E-state index contributed by atoms with van der Waals surface area (Å²) in [7, 11) is 0. The van der Waals surface area contributed by atoms with Crippen LogP contribution in [0.1, 0.15) is 5.56 Å². The molecule has 2 aromatic rings. The summed E-state index contributed by atoms with van der Waals surface area (Å²) in [4.78, 5) is 0.955. The second kappa shape index (κ2) is 3.83. The number of rotatable bonds is 1. The summed E-state index contributed by atoms with van der Waals surface area (Å²) in [5, 5.41) is 0. The minimum Gasteiger partial charge on any atom is -0.396 e. The molecule has 1 heterocycles. The number of hydrogen-bond acceptors (Lipinski definition) is 2. The Hall–Kier alpha value is -1.06. The average Bonchev–Trinajstić information content (AvgIpc) is 2.52. The van der Waals surface area contributed by atoms with Gasteiger partial charge < -0.3 is 5.73 Å². The molecule has 2 rings (SSSR count). The van der Waals surface area contributed by atoms with Crippen molar-refractivity contribution in [3.05, 3.63) is 40.0 Å². The zero-order chi connectivity index (χ0) is 11.0. The van der Waals surface area contributed by atoms with Crippen LogP contribution in [0.3, 0.4) is 0 Å². The predicted octanol–water partition coefficient (Wildman–Crippen LogP) is 4.10. The first-order valence-electron chi connectivity index (χ1n) is 4.39. The molecule has 0 aliphatic heterocycles. The second-order valence-corrected chi connectivity index (χ2v) is 4.96. The summed E-state index contributed by atoms with van der Waals surface area (Å²) in [6, 6.07) is 6.72. The first-order chi connectivity index (χ1) is 7.08. The van der Waals surface area contributed by atoms with Crippen molar-refractivity contribution in [2.24, 2.45) is 0 Å². The molecule has 0 fully saturated rings. The van der Waals surface area contributed by atoms with Gasteiger partial charge in [0, 0.05) is 4.88 Å². The lowest BCUT2D eigenvalue weighted by Gasteiger charge is -1.99. The molecule has 2 N–H and O–H groups in total. The van der Waals surface area contributed by atoms with Crippen LogP contribution >= 0.6 is 22.9 Å². The van der Waals surface area contributed by atoms with Gasteiger partial charge >= 0.3 is 0 Å². The fourth-order valence-electron chi connectivity index (χ4n) is 1.28. The summed E-state index contributed by atoms with van der Waals surface area (Å²) in [5.74, 6) is -0.394. The normalized spacial score (nSPS) is 10.6. The van der Waals surface area contributed by atoms with Crippen LogP contribution < -0.4 is 5.73 Å². The van der Waals surface area contributed by atoms with Gasteiger partial charge in [-0.3, -0.25) is 0 Å². The van der Waals surface area contributed by atoms with E-state index in [0.29, 0.717) is 0 Å². The Morgan fingerprint density at radius 3 is 2.60 bits per heavy atom. The second-order valence-electron chi connectivity index (χ2n) is 3.30. The first kappa shape index (κ1) is 10.5. The number of anilines is 1. The fraction of sp³-hybridized carbons (Fsp3) is 0.0909. The number of hydrogen-bond donors (Lipinski definition) is 1. The Bertz CT molecular complexity index is 488. The van der Waals surface area contributed by atoms with E-state index in [1.54, 1.807) is 12.1 Å². The van der Waals surface area contributed by atoms with Crippen molar-refractivity contribution >= 4 is 28.6 Å². The van der Waals surface area contributed by atoms with Crippen LogP contribution in [0.25, 0.3) is 10.4 Å². The van der Waals surface area contributed by atoms with Gasteiger partial charge in [-0.15, -0.1) is 11.3 Å². The highest BCUT2D eigenvalue weighted by Gasteiger charge is 2.07. The summed E-state index contributed by atoms with van der Waals surface area (Å²) < 4.78 is 14.0. The highest BCUT2D eigenvalue weighted by atomic mass is 35.5. The first-order valence-corrected chi connectivity index (χ1v) is 5.58. The van der Waals surface area contributed by atoms with Crippen LogP contribution in [0, 0.1) is 12.7 Å². The molecule has 0 saturated heterocycles. The number of nitrogens with two attached hydrogens (primary N) is 1. The van der Waals surface area contributed by atoms with Crippen LogP contribution in [0.4, 0.5) is 10.1 Å². The molecule has 0 unspecified atom stereocenters. The number of benzene rings is 1. The van der Waals surface area contributed by atoms with Crippen molar-refractivity contribution in [2.75, 3.05) is 5.73 Å². The molecule has 0 amide bonds. The monoisotopic (exact) mass is 241 g/mol. The predicted molar refractivity (Wildman–Crippen MR) is 63.9 cm³/mol. The van der Waals surface area contributed by atoms with Crippen molar-refractivity contribution < 1.29 is 4.39 Å². The van der Waals surface area contributed by atoms with Gasteiger partial charge in [-0.25, -0.2) is 4.39 Å². The number of halogens is 2. The number of nitrogen functional groups attached to an aromatic ring is 1. The van der Waals surface area contributed by atoms with E-state index >= 15 is 0 Å². The largest absolute Gasteiger partial charge is 0.396 e. The quantitative estimate of drug-likeness (QED) is 0.748. The van der Waals surface area contributed by atoms with E-state index in [1.165, 1.54) is 17.4 Å². The molecule has 0 spiro atoms. The van der Waals surface area contributed by atoms with Crippen LogP contribution in [-0.2, 0) is 0 Å². The number of aryl methyl sites for hydroxylation is 1. The lowest BCUT2D eigenvalue weighted by Crippen LogP contribution is -1.89. The zero-order valence-electron chi connectivity index (χ0n) is 8.05. The van der Waals surface area contributed by atoms with Crippen LogP contribution in [0.15, 0.2) is 24.3 Å². The van der Waals surface area contributed by atoms with Crippen molar-refractivity contribution in [1.29, 1.82) is 0 Å². The van der Waals surface area contributed by atoms with E-state index in [1.807, 2.05) is 13.0 Å². The Morgan fingerprint density at radius 2 is 2.07 bits per heavy atom. The van der Waals surface area contributed by atoms with Gasteiger partial charge in [0.25, 0.3) is 0 Å². The molecule has 1 aromatic carbocycles. The lowest BCUT2D eigenvalue weighted by molar-refractivity contribution is 0.633. The molecule has 4 heteroatoms. The minimum atomic E-state index is -0.394. The van der Waals surface area contributed by atoms with Crippen molar-refractivity contribution in [2.45, 2.75) is 6.92 Å². The molecule has 0 bridgehead atoms. The van der Waals surface area contributed by atoms with Gasteiger partial charge in [0.2, 0.25) is 0 Å². The van der Waals surface area contributed by atoms with Crippen molar-refractivity contribution in [1.82, 2.24) is 0 Å². The van der Waals surface area contributed by atoms with E-state index in [2.05, 4.69) is 0 Å². The third-order valence-corrected chi connectivity index (χ3v) is 3.75. The fourth-order valence-corrected chi connectivity index (χ4v) is 2.48. The maximum atomic E-state index is 13.2. The van der Waals surface area contributed by atoms with Crippen LogP contribution in [0.2, 0.25) is 4.34 Å². The van der Waals surface area contributed by atoms with E-state index < -0.39 is 5.82 Å². The Morgan fingerprint density at radius 1 is 1.33 bits per heavy atom. The van der Waals surface area contributed by atoms with Gasteiger partial charge in [0.1, 0.15) is 5.82 Å². The standard InChI is InChI=1S/C11H9ClFNS/c1-6-4-10(15-11(6)12)7-2-3-9(14)8(13)5-7/h2-5H,14H2,1H3. The van der Waals surface area contributed by atoms with Crippen LogP contribution in [-0.4, -0.2) is 0 Å². The smallest absolute Gasteiger partial charge is 0.146 e. The van der Waals surface area contributed by atoms with Gasteiger partial charge in [-0.1, -0.05) is 17.7 Å². The summed E-state index contributed by atoms with van der Waals surface area (Å²) >= 11 is 7.39. The Kier molecular flexibility index (Phi) is 2.67. The van der Waals surface area contributed by atoms with Crippen LogP contribution in [0.5, 0.6) is 0 Å². The van der Waals surface area contributed by atoms with E-state index in [9.17, 15) is 4.39 Å². The topological polar surface area (TPSA) is 26.0 Å². The molecule has 78 valence electrons. The molecule has 0 saturated carbocycles.